The van der Waals surface area contributed by atoms with E-state index >= 15 is 0 Å². The minimum atomic E-state index is -0.216. The zero-order valence-corrected chi connectivity index (χ0v) is 12.0. The number of nitriles is 1. The van der Waals surface area contributed by atoms with E-state index in [2.05, 4.69) is 48.1 Å². The summed E-state index contributed by atoms with van der Waals surface area (Å²) in [5.41, 5.74) is 7.05. The second-order valence-corrected chi connectivity index (χ2v) is 5.53. The average molecular weight is 296 g/mol. The third-order valence-electron chi connectivity index (χ3n) is 3.24. The van der Waals surface area contributed by atoms with Crippen molar-refractivity contribution in [1.29, 1.82) is 5.26 Å². The van der Waals surface area contributed by atoms with Gasteiger partial charge in [-0.05, 0) is 40.9 Å². The highest BCUT2D eigenvalue weighted by Gasteiger charge is 2.27. The first kappa shape index (κ1) is 14.0. The molecule has 1 rings (SSSR count). The highest BCUT2D eigenvalue weighted by molar-refractivity contribution is 9.10. The minimum absolute atomic E-state index is 0.216. The van der Waals surface area contributed by atoms with Crippen LogP contribution in [0.1, 0.15) is 26.3 Å². The SMILES string of the molecule is CC(C)C(C)(CN)Nc1cccc(Br)c1C#N. The van der Waals surface area contributed by atoms with Gasteiger partial charge in [0.2, 0.25) is 0 Å². The van der Waals surface area contributed by atoms with Gasteiger partial charge in [0, 0.05) is 16.6 Å². The van der Waals surface area contributed by atoms with Crippen LogP contribution >= 0.6 is 15.9 Å². The maximum absolute atomic E-state index is 9.16. The van der Waals surface area contributed by atoms with Gasteiger partial charge < -0.3 is 11.1 Å². The highest BCUT2D eigenvalue weighted by atomic mass is 79.9. The summed E-state index contributed by atoms with van der Waals surface area (Å²) in [4.78, 5) is 0. The van der Waals surface area contributed by atoms with Gasteiger partial charge >= 0.3 is 0 Å². The lowest BCUT2D eigenvalue weighted by molar-refractivity contribution is 0.382. The molecule has 0 aromatic heterocycles. The Bertz CT molecular complexity index is 437. The molecule has 17 heavy (non-hydrogen) atoms. The van der Waals surface area contributed by atoms with Crippen LogP contribution < -0.4 is 11.1 Å². The average Bonchev–Trinajstić information content (AvgIpc) is 2.29. The molecule has 0 saturated heterocycles. The van der Waals surface area contributed by atoms with Crippen LogP contribution in [-0.4, -0.2) is 12.1 Å². The van der Waals surface area contributed by atoms with Crippen molar-refractivity contribution >= 4 is 21.6 Å². The molecular formula is C13H18BrN3. The molecule has 1 atom stereocenters. The second kappa shape index (κ2) is 5.52. The van der Waals surface area contributed by atoms with Crippen molar-refractivity contribution in [3.8, 4) is 6.07 Å². The molecule has 92 valence electrons. The van der Waals surface area contributed by atoms with E-state index in [0.717, 1.165) is 10.2 Å². The maximum Gasteiger partial charge on any atom is 0.103 e. The van der Waals surface area contributed by atoms with Crippen LogP contribution in [0, 0.1) is 17.2 Å². The lowest BCUT2D eigenvalue weighted by atomic mass is 9.88. The van der Waals surface area contributed by atoms with Gasteiger partial charge in [-0.15, -0.1) is 0 Å². The number of rotatable bonds is 4. The monoisotopic (exact) mass is 295 g/mol. The Labute approximate surface area is 111 Å². The van der Waals surface area contributed by atoms with Crippen LogP contribution in [0.5, 0.6) is 0 Å². The number of nitrogens with one attached hydrogen (secondary N) is 1. The van der Waals surface area contributed by atoms with Crippen LogP contribution in [0.15, 0.2) is 22.7 Å². The number of hydrogen-bond donors (Lipinski definition) is 2. The predicted octanol–water partition coefficient (Wildman–Crippen LogP) is 3.11. The molecule has 3 nitrogen and oxygen atoms in total. The molecule has 0 spiro atoms. The zero-order chi connectivity index (χ0) is 13.1. The summed E-state index contributed by atoms with van der Waals surface area (Å²) in [6, 6.07) is 7.87. The molecule has 1 unspecified atom stereocenters. The fourth-order valence-electron chi connectivity index (χ4n) is 1.48. The molecule has 1 aromatic rings. The van der Waals surface area contributed by atoms with E-state index in [1.165, 1.54) is 0 Å². The van der Waals surface area contributed by atoms with Gasteiger partial charge in [0.05, 0.1) is 11.3 Å². The van der Waals surface area contributed by atoms with Gasteiger partial charge in [0.25, 0.3) is 0 Å². The van der Waals surface area contributed by atoms with Crippen molar-refractivity contribution in [3.05, 3.63) is 28.2 Å². The summed E-state index contributed by atoms with van der Waals surface area (Å²) in [5, 5.41) is 12.5. The molecule has 0 aliphatic rings. The van der Waals surface area contributed by atoms with Crippen LogP contribution in [0.2, 0.25) is 0 Å². The van der Waals surface area contributed by atoms with Gasteiger partial charge in [-0.2, -0.15) is 5.26 Å². The van der Waals surface area contributed by atoms with E-state index in [9.17, 15) is 0 Å². The molecule has 1 aromatic carbocycles. The van der Waals surface area contributed by atoms with Crippen molar-refractivity contribution < 1.29 is 0 Å². The van der Waals surface area contributed by atoms with Crippen LogP contribution in [0.3, 0.4) is 0 Å². The molecule has 3 N–H and O–H groups in total. The van der Waals surface area contributed by atoms with Crippen molar-refractivity contribution in [2.24, 2.45) is 11.7 Å². The minimum Gasteiger partial charge on any atom is -0.377 e. The molecular weight excluding hydrogens is 278 g/mol. The Kier molecular flexibility index (Phi) is 4.55. The van der Waals surface area contributed by atoms with Crippen molar-refractivity contribution in [2.45, 2.75) is 26.3 Å². The van der Waals surface area contributed by atoms with Gasteiger partial charge in [-0.3, -0.25) is 0 Å². The standard InChI is InChI=1S/C13H18BrN3/c1-9(2)13(3,8-16)17-12-6-4-5-11(14)10(12)7-15/h4-6,9,17H,8,16H2,1-3H3. The predicted molar refractivity (Wildman–Crippen MR) is 74.8 cm³/mol. The van der Waals surface area contributed by atoms with Gasteiger partial charge in [-0.1, -0.05) is 19.9 Å². The smallest absolute Gasteiger partial charge is 0.103 e. The summed E-state index contributed by atoms with van der Waals surface area (Å²) >= 11 is 3.38. The first-order chi connectivity index (χ1) is 7.94. The first-order valence-electron chi connectivity index (χ1n) is 5.61. The molecule has 0 heterocycles. The van der Waals surface area contributed by atoms with Crippen molar-refractivity contribution in [2.75, 3.05) is 11.9 Å². The van der Waals surface area contributed by atoms with E-state index < -0.39 is 0 Å². The van der Waals surface area contributed by atoms with Gasteiger partial charge in [-0.25, -0.2) is 0 Å². The topological polar surface area (TPSA) is 61.8 Å². The number of halogens is 1. The van der Waals surface area contributed by atoms with Gasteiger partial charge in [0.15, 0.2) is 0 Å². The number of hydrogen-bond acceptors (Lipinski definition) is 3. The number of nitrogens with zero attached hydrogens (tertiary/aromatic N) is 1. The van der Waals surface area contributed by atoms with E-state index in [1.807, 2.05) is 18.2 Å². The van der Waals surface area contributed by atoms with E-state index in [0.29, 0.717) is 18.0 Å². The lowest BCUT2D eigenvalue weighted by Crippen LogP contribution is -2.47. The van der Waals surface area contributed by atoms with E-state index in [4.69, 9.17) is 11.0 Å². The van der Waals surface area contributed by atoms with E-state index in [-0.39, 0.29) is 5.54 Å². The Morgan fingerprint density at radius 1 is 1.53 bits per heavy atom. The maximum atomic E-state index is 9.16. The Morgan fingerprint density at radius 3 is 2.65 bits per heavy atom. The van der Waals surface area contributed by atoms with Crippen LogP contribution in [0.25, 0.3) is 0 Å². The summed E-state index contributed by atoms with van der Waals surface area (Å²) in [5.74, 6) is 0.373. The van der Waals surface area contributed by atoms with Crippen LogP contribution in [0.4, 0.5) is 5.69 Å². The molecule has 0 saturated carbocycles. The second-order valence-electron chi connectivity index (χ2n) is 4.68. The fraction of sp³-hybridized carbons (Fsp3) is 0.462. The van der Waals surface area contributed by atoms with Crippen molar-refractivity contribution in [3.63, 3.8) is 0 Å². The van der Waals surface area contributed by atoms with Crippen molar-refractivity contribution in [1.82, 2.24) is 0 Å². The normalized spacial score (nSPS) is 14.2. The molecule has 0 aliphatic heterocycles. The third kappa shape index (κ3) is 2.99. The Hall–Kier alpha value is -1.05. The van der Waals surface area contributed by atoms with E-state index in [1.54, 1.807) is 0 Å². The van der Waals surface area contributed by atoms with Crippen LogP contribution in [-0.2, 0) is 0 Å². The Balaban J connectivity index is 3.11. The fourth-order valence-corrected chi connectivity index (χ4v) is 1.94. The third-order valence-corrected chi connectivity index (χ3v) is 3.90. The summed E-state index contributed by atoms with van der Waals surface area (Å²) in [7, 11) is 0. The largest absolute Gasteiger partial charge is 0.377 e. The summed E-state index contributed by atoms with van der Waals surface area (Å²) in [6.07, 6.45) is 0. The molecule has 0 aliphatic carbocycles. The highest BCUT2D eigenvalue weighted by Crippen LogP contribution is 2.28. The number of anilines is 1. The molecule has 0 amide bonds. The molecule has 0 bridgehead atoms. The zero-order valence-electron chi connectivity index (χ0n) is 10.4. The van der Waals surface area contributed by atoms with Gasteiger partial charge in [0.1, 0.15) is 6.07 Å². The molecule has 0 fully saturated rings. The molecule has 0 radical (unpaired) electrons. The summed E-state index contributed by atoms with van der Waals surface area (Å²) < 4.78 is 0.799. The number of nitrogens with two attached hydrogens (primary N) is 1. The quantitative estimate of drug-likeness (QED) is 0.897. The molecule has 4 heteroatoms. The first-order valence-corrected chi connectivity index (χ1v) is 6.40. The Morgan fingerprint density at radius 2 is 2.18 bits per heavy atom. The lowest BCUT2D eigenvalue weighted by Gasteiger charge is -2.35. The number of benzene rings is 1. The summed E-state index contributed by atoms with van der Waals surface area (Å²) in [6.45, 7) is 6.82.